The van der Waals surface area contributed by atoms with Crippen LogP contribution in [-0.2, 0) is 6.54 Å². The summed E-state index contributed by atoms with van der Waals surface area (Å²) in [6.07, 6.45) is 0. The summed E-state index contributed by atoms with van der Waals surface area (Å²) in [6, 6.07) is 12.0. The Labute approximate surface area is 107 Å². The van der Waals surface area contributed by atoms with Crippen molar-refractivity contribution in [1.82, 2.24) is 0 Å². The van der Waals surface area contributed by atoms with Gasteiger partial charge in [-0.05, 0) is 30.7 Å². The third kappa shape index (κ3) is 2.81. The van der Waals surface area contributed by atoms with Gasteiger partial charge < -0.3 is 15.6 Å². The fourth-order valence-electron chi connectivity index (χ4n) is 1.92. The molecule has 0 unspecified atom stereocenters. The van der Waals surface area contributed by atoms with Gasteiger partial charge in [0.2, 0.25) is 0 Å². The maximum Gasteiger partial charge on any atom is 0.124 e. The monoisotopic (exact) mass is 245 g/mol. The van der Waals surface area contributed by atoms with Crippen LogP contribution in [-0.4, -0.2) is 17.3 Å². The fraction of sp³-hybridized carbons (Fsp3) is 0.333. The van der Waals surface area contributed by atoms with Crippen molar-refractivity contribution in [1.29, 1.82) is 0 Å². The molecule has 3 N–H and O–H groups in total. The van der Waals surface area contributed by atoms with Crippen LogP contribution >= 0.6 is 0 Å². The number of nitrogens with two attached hydrogens (primary N) is 1. The Morgan fingerprint density at radius 3 is 2.56 bits per heavy atom. The van der Waals surface area contributed by atoms with Crippen LogP contribution in [0.15, 0.2) is 36.4 Å². The van der Waals surface area contributed by atoms with Crippen molar-refractivity contribution in [2.75, 3.05) is 6.61 Å². The molecule has 3 heteroatoms. The van der Waals surface area contributed by atoms with Gasteiger partial charge in [-0.3, -0.25) is 0 Å². The number of ether oxygens (including phenoxy) is 1. The van der Waals surface area contributed by atoms with Crippen LogP contribution in [0.5, 0.6) is 5.75 Å². The lowest BCUT2D eigenvalue weighted by Gasteiger charge is -2.20. The van der Waals surface area contributed by atoms with Crippen LogP contribution in [0.25, 0.3) is 10.8 Å². The summed E-state index contributed by atoms with van der Waals surface area (Å²) in [4.78, 5) is 0. The highest BCUT2D eigenvalue weighted by molar-refractivity contribution is 5.87. The first-order valence-electron chi connectivity index (χ1n) is 6.07. The van der Waals surface area contributed by atoms with Crippen LogP contribution in [0, 0.1) is 0 Å². The molecule has 2 aromatic rings. The lowest BCUT2D eigenvalue weighted by atomic mass is 10.0. The first-order valence-corrected chi connectivity index (χ1v) is 6.07. The molecule has 2 rings (SSSR count). The molecule has 0 atom stereocenters. The van der Waals surface area contributed by atoms with E-state index in [0.29, 0.717) is 6.54 Å². The highest BCUT2D eigenvalue weighted by atomic mass is 16.5. The molecule has 0 aliphatic heterocycles. The second-order valence-corrected chi connectivity index (χ2v) is 5.07. The zero-order valence-electron chi connectivity index (χ0n) is 10.8. The lowest BCUT2D eigenvalue weighted by molar-refractivity contribution is 0.0282. The maximum absolute atomic E-state index is 9.70. The Kier molecular flexibility index (Phi) is 3.55. The van der Waals surface area contributed by atoms with Crippen molar-refractivity contribution < 1.29 is 9.84 Å². The lowest BCUT2D eigenvalue weighted by Crippen LogP contribution is -2.28. The van der Waals surface area contributed by atoms with Crippen LogP contribution in [0.2, 0.25) is 0 Å². The SMILES string of the molecule is CC(C)(O)COc1ccc2ccccc2c1CN. The minimum atomic E-state index is -0.850. The standard InChI is InChI=1S/C15H19NO2/c1-15(2,17)10-18-14-8-7-11-5-3-4-6-12(11)13(14)9-16/h3-8,17H,9-10,16H2,1-2H3. The highest BCUT2D eigenvalue weighted by Gasteiger charge is 2.15. The third-order valence-electron chi connectivity index (χ3n) is 2.78. The number of aliphatic hydroxyl groups is 1. The molecule has 0 bridgehead atoms. The summed E-state index contributed by atoms with van der Waals surface area (Å²) in [5.41, 5.74) is 5.95. The topological polar surface area (TPSA) is 55.5 Å². The number of hydrogen-bond acceptors (Lipinski definition) is 3. The van der Waals surface area contributed by atoms with E-state index in [4.69, 9.17) is 10.5 Å². The van der Waals surface area contributed by atoms with Crippen molar-refractivity contribution in [3.8, 4) is 5.75 Å². The molecule has 18 heavy (non-hydrogen) atoms. The first-order chi connectivity index (χ1) is 8.51. The van der Waals surface area contributed by atoms with E-state index in [1.54, 1.807) is 13.8 Å². The van der Waals surface area contributed by atoms with Crippen LogP contribution in [0.3, 0.4) is 0 Å². The average molecular weight is 245 g/mol. The van der Waals surface area contributed by atoms with Gasteiger partial charge in [0.05, 0.1) is 5.60 Å². The zero-order valence-corrected chi connectivity index (χ0v) is 10.8. The van der Waals surface area contributed by atoms with Crippen molar-refractivity contribution in [2.45, 2.75) is 26.0 Å². The van der Waals surface area contributed by atoms with E-state index >= 15 is 0 Å². The molecular weight excluding hydrogens is 226 g/mol. The predicted octanol–water partition coefficient (Wildman–Crippen LogP) is 2.45. The molecule has 0 spiro atoms. The molecule has 3 nitrogen and oxygen atoms in total. The number of hydrogen-bond donors (Lipinski definition) is 2. The predicted molar refractivity (Wildman–Crippen MR) is 73.6 cm³/mol. The molecule has 0 saturated heterocycles. The normalized spacial score (nSPS) is 11.8. The molecule has 0 aliphatic rings. The van der Waals surface area contributed by atoms with Crippen LogP contribution in [0.1, 0.15) is 19.4 Å². The molecule has 0 amide bonds. The summed E-state index contributed by atoms with van der Waals surface area (Å²) in [5.74, 6) is 0.748. The number of fused-ring (bicyclic) bond motifs is 1. The molecule has 0 saturated carbocycles. The van der Waals surface area contributed by atoms with E-state index in [1.165, 1.54) is 0 Å². The van der Waals surface area contributed by atoms with Crippen LogP contribution in [0.4, 0.5) is 0 Å². The Morgan fingerprint density at radius 1 is 1.17 bits per heavy atom. The fourth-order valence-corrected chi connectivity index (χ4v) is 1.92. The Morgan fingerprint density at radius 2 is 1.89 bits per heavy atom. The smallest absolute Gasteiger partial charge is 0.124 e. The van der Waals surface area contributed by atoms with E-state index in [1.807, 2.05) is 36.4 Å². The van der Waals surface area contributed by atoms with E-state index in [-0.39, 0.29) is 6.61 Å². The van der Waals surface area contributed by atoms with Gasteiger partial charge in [-0.1, -0.05) is 30.3 Å². The summed E-state index contributed by atoms with van der Waals surface area (Å²) in [6.45, 7) is 4.10. The van der Waals surface area contributed by atoms with Crippen molar-refractivity contribution in [2.24, 2.45) is 5.73 Å². The van der Waals surface area contributed by atoms with Crippen LogP contribution < -0.4 is 10.5 Å². The molecule has 96 valence electrons. The quantitative estimate of drug-likeness (QED) is 0.870. The minimum absolute atomic E-state index is 0.248. The molecule has 0 aliphatic carbocycles. The van der Waals surface area contributed by atoms with Gasteiger partial charge >= 0.3 is 0 Å². The van der Waals surface area contributed by atoms with Gasteiger partial charge in [-0.15, -0.1) is 0 Å². The summed E-state index contributed by atoms with van der Waals surface area (Å²) in [5, 5.41) is 12.0. The minimum Gasteiger partial charge on any atom is -0.490 e. The van der Waals surface area contributed by atoms with Gasteiger partial charge in [0, 0.05) is 12.1 Å². The van der Waals surface area contributed by atoms with Gasteiger partial charge in [0.25, 0.3) is 0 Å². The maximum atomic E-state index is 9.70. The van der Waals surface area contributed by atoms with Crippen molar-refractivity contribution >= 4 is 10.8 Å². The van der Waals surface area contributed by atoms with Crippen molar-refractivity contribution in [3.63, 3.8) is 0 Å². The van der Waals surface area contributed by atoms with Gasteiger partial charge in [0.1, 0.15) is 12.4 Å². The molecule has 0 heterocycles. The summed E-state index contributed by atoms with van der Waals surface area (Å²) < 4.78 is 5.67. The molecule has 0 radical (unpaired) electrons. The molecular formula is C15H19NO2. The second-order valence-electron chi connectivity index (χ2n) is 5.07. The van der Waals surface area contributed by atoms with Crippen molar-refractivity contribution in [3.05, 3.63) is 42.0 Å². The molecule has 2 aromatic carbocycles. The largest absolute Gasteiger partial charge is 0.490 e. The summed E-state index contributed by atoms with van der Waals surface area (Å²) in [7, 11) is 0. The third-order valence-corrected chi connectivity index (χ3v) is 2.78. The van der Waals surface area contributed by atoms with E-state index in [9.17, 15) is 5.11 Å². The average Bonchev–Trinajstić information content (AvgIpc) is 2.34. The van der Waals surface area contributed by atoms with Gasteiger partial charge in [-0.25, -0.2) is 0 Å². The first kappa shape index (κ1) is 12.9. The second kappa shape index (κ2) is 4.96. The molecule has 0 aromatic heterocycles. The number of rotatable bonds is 4. The van der Waals surface area contributed by atoms with Gasteiger partial charge in [0.15, 0.2) is 0 Å². The number of benzene rings is 2. The van der Waals surface area contributed by atoms with E-state index < -0.39 is 5.60 Å². The molecule has 0 fully saturated rings. The van der Waals surface area contributed by atoms with E-state index in [0.717, 1.165) is 22.1 Å². The highest BCUT2D eigenvalue weighted by Crippen LogP contribution is 2.28. The van der Waals surface area contributed by atoms with E-state index in [2.05, 4.69) is 0 Å². The Balaban J connectivity index is 2.39. The van der Waals surface area contributed by atoms with Gasteiger partial charge in [-0.2, -0.15) is 0 Å². The Hall–Kier alpha value is -1.58. The Bertz CT molecular complexity index is 544. The zero-order chi connectivity index (χ0) is 13.2. The summed E-state index contributed by atoms with van der Waals surface area (Å²) >= 11 is 0.